The van der Waals surface area contributed by atoms with Gasteiger partial charge < -0.3 is 9.84 Å². The standard InChI is InChI=1S/C11H10FNO4/c12-8-3-1-7(2-4-8)5-9-6-17-11(16)13(9)10(14)15/h1-4,9H,5-6H2,(H,14,15). The van der Waals surface area contributed by atoms with Gasteiger partial charge in [-0.25, -0.2) is 18.9 Å². The van der Waals surface area contributed by atoms with Gasteiger partial charge in [-0.3, -0.25) is 0 Å². The third-order valence-corrected chi connectivity index (χ3v) is 2.55. The molecule has 2 rings (SSSR count). The quantitative estimate of drug-likeness (QED) is 0.855. The predicted octanol–water partition coefficient (Wildman–Crippen LogP) is 1.87. The summed E-state index contributed by atoms with van der Waals surface area (Å²) in [6.07, 6.45) is -1.87. The van der Waals surface area contributed by atoms with Gasteiger partial charge in [0.1, 0.15) is 12.4 Å². The van der Waals surface area contributed by atoms with Gasteiger partial charge in [0, 0.05) is 0 Å². The highest BCUT2D eigenvalue weighted by Gasteiger charge is 2.37. The number of benzene rings is 1. The van der Waals surface area contributed by atoms with Gasteiger partial charge >= 0.3 is 12.2 Å². The fourth-order valence-electron chi connectivity index (χ4n) is 1.74. The first-order valence-electron chi connectivity index (χ1n) is 5.01. The van der Waals surface area contributed by atoms with Gasteiger partial charge in [-0.15, -0.1) is 0 Å². The predicted molar refractivity (Wildman–Crippen MR) is 55.1 cm³/mol. The van der Waals surface area contributed by atoms with E-state index in [-0.39, 0.29) is 12.4 Å². The Morgan fingerprint density at radius 3 is 2.71 bits per heavy atom. The van der Waals surface area contributed by atoms with Crippen LogP contribution < -0.4 is 0 Å². The summed E-state index contributed by atoms with van der Waals surface area (Å²) in [6.45, 7) is 0.0303. The number of rotatable bonds is 2. The molecule has 1 N–H and O–H groups in total. The number of nitrogens with zero attached hydrogens (tertiary/aromatic N) is 1. The average Bonchev–Trinajstić information content (AvgIpc) is 2.63. The average molecular weight is 239 g/mol. The lowest BCUT2D eigenvalue weighted by molar-refractivity contribution is 0.135. The largest absolute Gasteiger partial charge is 0.465 e. The fraction of sp³-hybridized carbons (Fsp3) is 0.273. The van der Waals surface area contributed by atoms with E-state index in [0.29, 0.717) is 11.3 Å². The van der Waals surface area contributed by atoms with Crippen molar-refractivity contribution in [2.24, 2.45) is 0 Å². The van der Waals surface area contributed by atoms with Crippen molar-refractivity contribution in [3.8, 4) is 0 Å². The zero-order valence-corrected chi connectivity index (χ0v) is 8.80. The number of carboxylic acid groups (broad SMARTS) is 1. The summed E-state index contributed by atoms with van der Waals surface area (Å²) in [5.41, 5.74) is 0.751. The molecule has 0 aliphatic carbocycles. The highest BCUT2D eigenvalue weighted by Crippen LogP contribution is 2.17. The number of hydrogen-bond donors (Lipinski definition) is 1. The molecule has 90 valence electrons. The van der Waals surface area contributed by atoms with Crippen LogP contribution in [0.2, 0.25) is 0 Å². The summed E-state index contributed by atoms with van der Waals surface area (Å²) in [7, 11) is 0. The van der Waals surface area contributed by atoms with E-state index in [1.165, 1.54) is 12.1 Å². The minimum Gasteiger partial charge on any atom is -0.465 e. The van der Waals surface area contributed by atoms with Gasteiger partial charge in [-0.1, -0.05) is 12.1 Å². The molecule has 2 amide bonds. The summed E-state index contributed by atoms with van der Waals surface area (Å²) >= 11 is 0. The van der Waals surface area contributed by atoms with Crippen molar-refractivity contribution in [2.45, 2.75) is 12.5 Å². The number of hydrogen-bond acceptors (Lipinski definition) is 3. The molecular formula is C11H10FNO4. The second-order valence-corrected chi connectivity index (χ2v) is 3.71. The topological polar surface area (TPSA) is 66.8 Å². The Labute approximate surface area is 96.4 Å². The van der Waals surface area contributed by atoms with E-state index in [1.807, 2.05) is 0 Å². The Morgan fingerprint density at radius 1 is 1.47 bits per heavy atom. The van der Waals surface area contributed by atoms with E-state index in [9.17, 15) is 14.0 Å². The maximum absolute atomic E-state index is 12.7. The summed E-state index contributed by atoms with van der Waals surface area (Å²) in [6, 6.07) is 5.14. The highest BCUT2D eigenvalue weighted by molar-refractivity contribution is 5.88. The molecule has 17 heavy (non-hydrogen) atoms. The lowest BCUT2D eigenvalue weighted by Crippen LogP contribution is -2.39. The lowest BCUT2D eigenvalue weighted by atomic mass is 10.1. The molecule has 0 aromatic heterocycles. The maximum Gasteiger partial charge on any atom is 0.419 e. The van der Waals surface area contributed by atoms with Gasteiger partial charge in [0.2, 0.25) is 0 Å². The summed E-state index contributed by atoms with van der Waals surface area (Å²) in [4.78, 5) is 22.6. The second-order valence-electron chi connectivity index (χ2n) is 3.71. The SMILES string of the molecule is O=C(O)N1C(=O)OCC1Cc1ccc(F)cc1. The van der Waals surface area contributed by atoms with E-state index < -0.39 is 18.2 Å². The van der Waals surface area contributed by atoms with Crippen LogP contribution in [-0.4, -0.2) is 34.8 Å². The van der Waals surface area contributed by atoms with Gasteiger partial charge in [0.15, 0.2) is 0 Å². The van der Waals surface area contributed by atoms with Crippen molar-refractivity contribution < 1.29 is 23.8 Å². The molecule has 5 nitrogen and oxygen atoms in total. The van der Waals surface area contributed by atoms with Crippen molar-refractivity contribution in [3.05, 3.63) is 35.6 Å². The highest BCUT2D eigenvalue weighted by atomic mass is 19.1. The molecule has 1 fully saturated rings. The molecule has 1 unspecified atom stereocenters. The van der Waals surface area contributed by atoms with Crippen molar-refractivity contribution in [3.63, 3.8) is 0 Å². The van der Waals surface area contributed by atoms with Crippen LogP contribution in [0, 0.1) is 5.82 Å². The Balaban J connectivity index is 2.10. The first-order valence-corrected chi connectivity index (χ1v) is 5.01. The molecule has 1 aliphatic rings. The number of ether oxygens (including phenoxy) is 1. The third-order valence-electron chi connectivity index (χ3n) is 2.55. The Kier molecular flexibility index (Phi) is 2.95. The van der Waals surface area contributed by atoms with Crippen molar-refractivity contribution in [2.75, 3.05) is 6.61 Å². The van der Waals surface area contributed by atoms with E-state index >= 15 is 0 Å². The molecule has 1 atom stereocenters. The van der Waals surface area contributed by atoms with Gasteiger partial charge in [-0.2, -0.15) is 0 Å². The second kappa shape index (κ2) is 4.40. The first-order chi connectivity index (χ1) is 8.08. The minimum atomic E-state index is -1.33. The first kappa shape index (κ1) is 11.4. The number of imide groups is 1. The lowest BCUT2D eigenvalue weighted by Gasteiger charge is -2.15. The molecule has 6 heteroatoms. The maximum atomic E-state index is 12.7. The smallest absolute Gasteiger partial charge is 0.419 e. The summed E-state index contributed by atoms with van der Waals surface area (Å²) in [5, 5.41) is 8.84. The Bertz CT molecular complexity index is 445. The van der Waals surface area contributed by atoms with Crippen LogP contribution in [0.15, 0.2) is 24.3 Å². The number of carbonyl (C=O) groups excluding carboxylic acids is 1. The van der Waals surface area contributed by atoms with E-state index in [4.69, 9.17) is 5.11 Å². The Hall–Kier alpha value is -2.11. The van der Waals surface area contributed by atoms with Crippen LogP contribution in [0.4, 0.5) is 14.0 Å². The van der Waals surface area contributed by atoms with Gasteiger partial charge in [-0.05, 0) is 24.1 Å². The molecule has 0 bridgehead atoms. The van der Waals surface area contributed by atoms with Gasteiger partial charge in [0.05, 0.1) is 6.04 Å². The third kappa shape index (κ3) is 2.35. The zero-order chi connectivity index (χ0) is 12.4. The van der Waals surface area contributed by atoms with Crippen molar-refractivity contribution in [1.29, 1.82) is 0 Å². The molecule has 1 aromatic carbocycles. The monoisotopic (exact) mass is 239 g/mol. The van der Waals surface area contributed by atoms with E-state index in [1.54, 1.807) is 12.1 Å². The molecule has 0 radical (unpaired) electrons. The fourth-order valence-corrected chi connectivity index (χ4v) is 1.74. The van der Waals surface area contributed by atoms with Crippen LogP contribution in [0.3, 0.4) is 0 Å². The molecule has 1 saturated heterocycles. The summed E-state index contributed by atoms with van der Waals surface area (Å²) < 4.78 is 17.4. The molecular weight excluding hydrogens is 229 g/mol. The van der Waals surface area contributed by atoms with E-state index in [2.05, 4.69) is 4.74 Å². The normalized spacial score (nSPS) is 19.2. The van der Waals surface area contributed by atoms with Crippen LogP contribution >= 0.6 is 0 Å². The molecule has 1 aliphatic heterocycles. The van der Waals surface area contributed by atoms with E-state index in [0.717, 1.165) is 5.56 Å². The van der Waals surface area contributed by atoms with Crippen LogP contribution in [0.5, 0.6) is 0 Å². The molecule has 0 spiro atoms. The number of halogens is 1. The number of carbonyl (C=O) groups is 2. The van der Waals surface area contributed by atoms with Crippen molar-refractivity contribution >= 4 is 12.2 Å². The van der Waals surface area contributed by atoms with Gasteiger partial charge in [0.25, 0.3) is 0 Å². The Morgan fingerprint density at radius 2 is 2.12 bits per heavy atom. The molecule has 1 heterocycles. The van der Waals surface area contributed by atoms with Crippen LogP contribution in [0.1, 0.15) is 5.56 Å². The molecule has 1 aromatic rings. The summed E-state index contributed by atoms with van der Waals surface area (Å²) in [5.74, 6) is -0.359. The van der Waals surface area contributed by atoms with Crippen LogP contribution in [-0.2, 0) is 11.2 Å². The minimum absolute atomic E-state index is 0.0303. The zero-order valence-electron chi connectivity index (χ0n) is 8.80. The van der Waals surface area contributed by atoms with Crippen molar-refractivity contribution in [1.82, 2.24) is 4.90 Å². The number of cyclic esters (lactones) is 1. The number of amides is 2. The van der Waals surface area contributed by atoms with Crippen LogP contribution in [0.25, 0.3) is 0 Å². The molecule has 0 saturated carbocycles.